The molecule has 0 aliphatic carbocycles. The van der Waals surface area contributed by atoms with E-state index >= 15 is 0 Å². The number of unbranched alkanes of at least 4 members (excludes halogenated alkanes) is 6. The van der Waals surface area contributed by atoms with Gasteiger partial charge in [-0.15, -0.1) is 0 Å². The molecule has 0 fully saturated rings. The fourth-order valence-electron chi connectivity index (χ4n) is 1.63. The molecule has 18 heavy (non-hydrogen) atoms. The number of hydrogen-bond donors (Lipinski definition) is 0. The van der Waals surface area contributed by atoms with Gasteiger partial charge in [0.1, 0.15) is 6.61 Å². The largest absolute Gasteiger partial charge is 0.461 e. The molecule has 0 spiro atoms. The molecule has 0 saturated carbocycles. The summed E-state index contributed by atoms with van der Waals surface area (Å²) in [4.78, 5) is 11.3. The average Bonchev–Trinajstić information content (AvgIpc) is 2.38. The van der Waals surface area contributed by atoms with Gasteiger partial charge in [0.05, 0.1) is 0 Å². The monoisotopic (exact) mass is 318 g/mol. The van der Waals surface area contributed by atoms with Crippen LogP contribution < -0.4 is 0 Å². The molecule has 0 aliphatic heterocycles. The van der Waals surface area contributed by atoms with Crippen LogP contribution in [0.5, 0.6) is 0 Å². The van der Waals surface area contributed by atoms with E-state index in [9.17, 15) is 4.79 Å². The summed E-state index contributed by atoms with van der Waals surface area (Å²) in [6.45, 7) is 2.65. The van der Waals surface area contributed by atoms with Gasteiger partial charge in [0.15, 0.2) is 0 Å². The van der Waals surface area contributed by atoms with Gasteiger partial charge in [-0.2, -0.15) is 0 Å². The van der Waals surface area contributed by atoms with Crippen molar-refractivity contribution in [3.05, 3.63) is 12.2 Å². The van der Waals surface area contributed by atoms with Crippen molar-refractivity contribution in [2.45, 2.75) is 64.7 Å². The fourth-order valence-corrected chi connectivity index (χ4v) is 2.03. The zero-order chi connectivity index (χ0) is 13.5. The van der Waals surface area contributed by atoms with Crippen LogP contribution in [0.2, 0.25) is 0 Å². The van der Waals surface area contributed by atoms with E-state index in [0.717, 1.165) is 31.0 Å². The van der Waals surface area contributed by atoms with E-state index in [2.05, 4.69) is 28.9 Å². The van der Waals surface area contributed by atoms with E-state index < -0.39 is 0 Å². The highest BCUT2D eigenvalue weighted by atomic mass is 79.9. The van der Waals surface area contributed by atoms with Crippen molar-refractivity contribution in [1.29, 1.82) is 0 Å². The Hall–Kier alpha value is -0.310. The maximum atomic E-state index is 11.3. The topological polar surface area (TPSA) is 26.3 Å². The van der Waals surface area contributed by atoms with Crippen LogP contribution in [-0.2, 0) is 9.53 Å². The molecular weight excluding hydrogens is 292 g/mol. The van der Waals surface area contributed by atoms with E-state index in [0.29, 0.717) is 13.0 Å². The summed E-state index contributed by atoms with van der Waals surface area (Å²) in [5, 5.41) is 1.02. The number of rotatable bonds is 12. The Morgan fingerprint density at radius 1 is 1.06 bits per heavy atom. The molecule has 0 rings (SSSR count). The van der Waals surface area contributed by atoms with Gasteiger partial charge in [-0.05, 0) is 25.7 Å². The number of esters is 1. The summed E-state index contributed by atoms with van der Waals surface area (Å²) in [5.74, 6) is -0.0693. The van der Waals surface area contributed by atoms with Gasteiger partial charge in [0.2, 0.25) is 0 Å². The number of hydrogen-bond acceptors (Lipinski definition) is 2. The SMILES string of the molecule is CCCCCC/C=C\COC(=O)CCCCCBr. The van der Waals surface area contributed by atoms with Crippen molar-refractivity contribution >= 4 is 21.9 Å². The fraction of sp³-hybridized carbons (Fsp3) is 0.800. The normalized spacial score (nSPS) is 11.0. The molecule has 2 nitrogen and oxygen atoms in total. The number of alkyl halides is 1. The zero-order valence-electron chi connectivity index (χ0n) is 11.6. The molecule has 0 aromatic carbocycles. The number of ether oxygens (including phenoxy) is 1. The lowest BCUT2D eigenvalue weighted by molar-refractivity contribution is -0.142. The third kappa shape index (κ3) is 13.8. The second-order valence-electron chi connectivity index (χ2n) is 4.50. The van der Waals surface area contributed by atoms with Gasteiger partial charge < -0.3 is 4.74 Å². The Balaban J connectivity index is 3.25. The Morgan fingerprint density at radius 3 is 2.56 bits per heavy atom. The molecule has 0 aromatic rings. The van der Waals surface area contributed by atoms with Crippen molar-refractivity contribution in [1.82, 2.24) is 0 Å². The smallest absolute Gasteiger partial charge is 0.306 e. The van der Waals surface area contributed by atoms with Crippen molar-refractivity contribution in [3.8, 4) is 0 Å². The Morgan fingerprint density at radius 2 is 1.83 bits per heavy atom. The molecule has 0 amide bonds. The van der Waals surface area contributed by atoms with Crippen LogP contribution in [0.1, 0.15) is 64.7 Å². The predicted octanol–water partition coefficient (Wildman–Crippen LogP) is 5.01. The maximum Gasteiger partial charge on any atom is 0.306 e. The molecule has 0 heterocycles. The summed E-state index contributed by atoms with van der Waals surface area (Å²) in [7, 11) is 0. The van der Waals surface area contributed by atoms with Gasteiger partial charge in [-0.3, -0.25) is 4.79 Å². The van der Waals surface area contributed by atoms with Gasteiger partial charge in [0, 0.05) is 11.8 Å². The first-order chi connectivity index (χ1) is 8.81. The molecule has 106 valence electrons. The van der Waals surface area contributed by atoms with Gasteiger partial charge in [-0.25, -0.2) is 0 Å². The van der Waals surface area contributed by atoms with Crippen molar-refractivity contribution < 1.29 is 9.53 Å². The van der Waals surface area contributed by atoms with Crippen LogP contribution >= 0.6 is 15.9 Å². The summed E-state index contributed by atoms with van der Waals surface area (Å²) in [6, 6.07) is 0. The highest BCUT2D eigenvalue weighted by Gasteiger charge is 2.00. The van der Waals surface area contributed by atoms with Crippen LogP contribution in [0.25, 0.3) is 0 Å². The van der Waals surface area contributed by atoms with Crippen molar-refractivity contribution in [2.24, 2.45) is 0 Å². The summed E-state index contributed by atoms with van der Waals surface area (Å²) in [5.41, 5.74) is 0. The van der Waals surface area contributed by atoms with Crippen LogP contribution in [0.15, 0.2) is 12.2 Å². The summed E-state index contributed by atoms with van der Waals surface area (Å²) in [6.07, 6.45) is 14.0. The van der Waals surface area contributed by atoms with E-state index in [4.69, 9.17) is 4.74 Å². The molecule has 0 unspecified atom stereocenters. The number of halogens is 1. The van der Waals surface area contributed by atoms with Gasteiger partial charge in [0.25, 0.3) is 0 Å². The van der Waals surface area contributed by atoms with E-state index in [1.807, 2.05) is 6.08 Å². The van der Waals surface area contributed by atoms with Gasteiger partial charge in [-0.1, -0.05) is 60.7 Å². The quantitative estimate of drug-likeness (QED) is 0.219. The maximum absolute atomic E-state index is 11.3. The van der Waals surface area contributed by atoms with E-state index in [1.54, 1.807) is 0 Å². The van der Waals surface area contributed by atoms with Crippen LogP contribution in [0, 0.1) is 0 Å². The second-order valence-corrected chi connectivity index (χ2v) is 5.30. The summed E-state index contributed by atoms with van der Waals surface area (Å²) < 4.78 is 5.11. The number of carbonyl (C=O) groups excluding carboxylic acids is 1. The predicted molar refractivity (Wildman–Crippen MR) is 81.1 cm³/mol. The van der Waals surface area contributed by atoms with Crippen molar-refractivity contribution in [2.75, 3.05) is 11.9 Å². The van der Waals surface area contributed by atoms with Crippen LogP contribution in [-0.4, -0.2) is 17.9 Å². The Kier molecular flexibility index (Phi) is 14.5. The van der Waals surface area contributed by atoms with E-state index in [-0.39, 0.29) is 5.97 Å². The first-order valence-corrected chi connectivity index (χ1v) is 8.30. The molecule has 0 radical (unpaired) electrons. The Bertz CT molecular complexity index is 215. The van der Waals surface area contributed by atoms with Crippen LogP contribution in [0.3, 0.4) is 0 Å². The lowest BCUT2D eigenvalue weighted by atomic mass is 10.1. The Labute approximate surface area is 120 Å². The minimum atomic E-state index is -0.0693. The van der Waals surface area contributed by atoms with Crippen LogP contribution in [0.4, 0.5) is 0 Å². The lowest BCUT2D eigenvalue weighted by Crippen LogP contribution is -2.04. The first kappa shape index (κ1) is 17.7. The standard InChI is InChI=1S/C15H27BrO2/c1-2-3-4-5-6-7-11-14-18-15(17)12-9-8-10-13-16/h7,11H,2-6,8-10,12-14H2,1H3/b11-7-. The number of carbonyl (C=O) groups is 1. The average molecular weight is 319 g/mol. The molecular formula is C15H27BrO2. The molecule has 0 aliphatic rings. The summed E-state index contributed by atoms with van der Waals surface area (Å²) >= 11 is 3.37. The van der Waals surface area contributed by atoms with Gasteiger partial charge >= 0.3 is 5.97 Å². The third-order valence-electron chi connectivity index (χ3n) is 2.75. The number of allylic oxidation sites excluding steroid dienone is 1. The zero-order valence-corrected chi connectivity index (χ0v) is 13.2. The first-order valence-electron chi connectivity index (χ1n) is 7.17. The lowest BCUT2D eigenvalue weighted by Gasteiger charge is -2.01. The molecule has 0 saturated heterocycles. The highest BCUT2D eigenvalue weighted by Crippen LogP contribution is 2.04. The van der Waals surface area contributed by atoms with Crippen molar-refractivity contribution in [3.63, 3.8) is 0 Å². The molecule has 0 N–H and O–H groups in total. The molecule has 0 aromatic heterocycles. The minimum absolute atomic E-state index is 0.0693. The minimum Gasteiger partial charge on any atom is -0.461 e. The molecule has 3 heteroatoms. The second kappa shape index (κ2) is 14.7. The van der Waals surface area contributed by atoms with E-state index in [1.165, 1.54) is 25.7 Å². The molecule has 0 atom stereocenters. The molecule has 0 bridgehead atoms. The third-order valence-corrected chi connectivity index (χ3v) is 3.31. The highest BCUT2D eigenvalue weighted by molar-refractivity contribution is 9.09.